The molecule has 150 valence electrons. The molecule has 1 aromatic carbocycles. The number of rotatable bonds is 6. The van der Waals surface area contributed by atoms with Gasteiger partial charge < -0.3 is 4.90 Å². The van der Waals surface area contributed by atoms with Gasteiger partial charge in [0.25, 0.3) is 0 Å². The lowest BCUT2D eigenvalue weighted by Crippen LogP contribution is -2.48. The molecule has 7 heteroatoms. The highest BCUT2D eigenvalue weighted by molar-refractivity contribution is 8.02. The number of hydrogen-bond donors (Lipinski definition) is 0. The summed E-state index contributed by atoms with van der Waals surface area (Å²) in [6.07, 6.45) is 0.684. The molecule has 2 aliphatic heterocycles. The van der Waals surface area contributed by atoms with Crippen molar-refractivity contribution in [1.82, 2.24) is 9.80 Å². The standard InChI is InChI=1S/C20H30N2O3S2/c1-16(2)18-5-3-17(4-6-18)13-21-8-10-22(11-9-21)20(23)14-26-19-7-12-27(24,25)15-19/h3-6,16,19H,7-15H2,1-2H3. The number of piperazine rings is 1. The lowest BCUT2D eigenvalue weighted by molar-refractivity contribution is -0.130. The number of carbonyl (C=O) groups is 1. The summed E-state index contributed by atoms with van der Waals surface area (Å²) in [5, 5.41) is 0.0917. The Hall–Kier alpha value is -1.05. The third kappa shape index (κ3) is 5.96. The van der Waals surface area contributed by atoms with Crippen molar-refractivity contribution >= 4 is 27.5 Å². The SMILES string of the molecule is CC(C)c1ccc(CN2CCN(C(=O)CSC3CCS(=O)(=O)C3)CC2)cc1. The minimum absolute atomic E-state index is 0.0917. The smallest absolute Gasteiger partial charge is 0.232 e. The summed E-state index contributed by atoms with van der Waals surface area (Å²) in [5.74, 6) is 1.60. The van der Waals surface area contributed by atoms with Gasteiger partial charge in [0.2, 0.25) is 5.91 Å². The highest BCUT2D eigenvalue weighted by Gasteiger charge is 2.29. The fourth-order valence-electron chi connectivity index (χ4n) is 3.59. The van der Waals surface area contributed by atoms with E-state index < -0.39 is 9.84 Å². The van der Waals surface area contributed by atoms with Crippen LogP contribution in [0.1, 0.15) is 37.3 Å². The number of benzene rings is 1. The quantitative estimate of drug-likeness (QED) is 0.721. The van der Waals surface area contributed by atoms with Crippen molar-refractivity contribution in [2.45, 2.75) is 38.0 Å². The topological polar surface area (TPSA) is 57.7 Å². The number of carbonyl (C=O) groups excluding carboxylic acids is 1. The van der Waals surface area contributed by atoms with Crippen LogP contribution < -0.4 is 0 Å². The van der Waals surface area contributed by atoms with Gasteiger partial charge in [-0.15, -0.1) is 11.8 Å². The van der Waals surface area contributed by atoms with Crippen LogP contribution in [0, 0.1) is 0 Å². The Labute approximate surface area is 167 Å². The van der Waals surface area contributed by atoms with E-state index >= 15 is 0 Å². The minimum Gasteiger partial charge on any atom is -0.339 e. The molecule has 0 aromatic heterocycles. The molecular formula is C20H30N2O3S2. The molecule has 3 rings (SSSR count). The number of hydrogen-bond acceptors (Lipinski definition) is 5. The van der Waals surface area contributed by atoms with Crippen molar-refractivity contribution in [2.24, 2.45) is 0 Å². The first-order chi connectivity index (χ1) is 12.8. The van der Waals surface area contributed by atoms with Gasteiger partial charge in [-0.2, -0.15) is 0 Å². The maximum Gasteiger partial charge on any atom is 0.232 e. The van der Waals surface area contributed by atoms with Crippen LogP contribution in [0.2, 0.25) is 0 Å². The molecule has 27 heavy (non-hydrogen) atoms. The predicted molar refractivity (Wildman–Crippen MR) is 112 cm³/mol. The normalized spacial score (nSPS) is 23.1. The summed E-state index contributed by atoms with van der Waals surface area (Å²) < 4.78 is 23.0. The molecule has 1 unspecified atom stereocenters. The minimum atomic E-state index is -2.87. The molecule has 0 spiro atoms. The monoisotopic (exact) mass is 410 g/mol. The van der Waals surface area contributed by atoms with Crippen molar-refractivity contribution in [1.29, 1.82) is 0 Å². The Kier molecular flexibility index (Phi) is 6.87. The maximum atomic E-state index is 12.4. The highest BCUT2D eigenvalue weighted by atomic mass is 32.2. The molecule has 2 aliphatic rings. The molecule has 1 amide bonds. The number of sulfone groups is 1. The van der Waals surface area contributed by atoms with E-state index in [4.69, 9.17) is 0 Å². The van der Waals surface area contributed by atoms with Gasteiger partial charge in [0.1, 0.15) is 0 Å². The van der Waals surface area contributed by atoms with E-state index in [0.29, 0.717) is 18.1 Å². The molecule has 0 radical (unpaired) electrons. The molecule has 0 saturated carbocycles. The van der Waals surface area contributed by atoms with E-state index in [1.165, 1.54) is 22.9 Å². The highest BCUT2D eigenvalue weighted by Crippen LogP contribution is 2.24. The van der Waals surface area contributed by atoms with E-state index in [-0.39, 0.29) is 22.7 Å². The summed E-state index contributed by atoms with van der Waals surface area (Å²) in [5.41, 5.74) is 2.68. The average Bonchev–Trinajstić information content (AvgIpc) is 2.99. The van der Waals surface area contributed by atoms with Crippen molar-refractivity contribution < 1.29 is 13.2 Å². The van der Waals surface area contributed by atoms with Crippen molar-refractivity contribution in [3.63, 3.8) is 0 Å². The Balaban J connectivity index is 1.40. The average molecular weight is 411 g/mol. The number of thioether (sulfide) groups is 1. The van der Waals surface area contributed by atoms with Gasteiger partial charge in [0.15, 0.2) is 9.84 Å². The molecule has 2 fully saturated rings. The summed E-state index contributed by atoms with van der Waals surface area (Å²) in [7, 11) is -2.87. The number of amides is 1. The zero-order valence-electron chi connectivity index (χ0n) is 16.3. The molecule has 1 atom stereocenters. The van der Waals surface area contributed by atoms with Gasteiger partial charge in [-0.25, -0.2) is 8.42 Å². The molecule has 2 heterocycles. The first-order valence-electron chi connectivity index (χ1n) is 9.73. The Morgan fingerprint density at radius 2 is 1.81 bits per heavy atom. The second-order valence-electron chi connectivity index (χ2n) is 7.89. The first-order valence-corrected chi connectivity index (χ1v) is 12.6. The fraction of sp³-hybridized carbons (Fsp3) is 0.650. The zero-order valence-corrected chi connectivity index (χ0v) is 17.9. The van der Waals surface area contributed by atoms with Crippen molar-refractivity contribution in [2.75, 3.05) is 43.4 Å². The second-order valence-corrected chi connectivity index (χ2v) is 11.4. The Bertz CT molecular complexity index is 739. The van der Waals surface area contributed by atoms with Crippen LogP contribution >= 0.6 is 11.8 Å². The summed E-state index contributed by atoms with van der Waals surface area (Å²) in [4.78, 5) is 16.7. The Morgan fingerprint density at radius 1 is 1.15 bits per heavy atom. The van der Waals surface area contributed by atoms with Gasteiger partial charge in [0, 0.05) is 38.0 Å². The van der Waals surface area contributed by atoms with Crippen LogP contribution in [0.5, 0.6) is 0 Å². The van der Waals surface area contributed by atoms with E-state index in [2.05, 4.69) is 43.0 Å². The molecule has 1 aromatic rings. The second kappa shape index (κ2) is 8.97. The van der Waals surface area contributed by atoms with Gasteiger partial charge in [-0.05, 0) is 23.5 Å². The van der Waals surface area contributed by atoms with Gasteiger partial charge in [-0.3, -0.25) is 9.69 Å². The lowest BCUT2D eigenvalue weighted by atomic mass is 10.0. The zero-order chi connectivity index (χ0) is 19.4. The molecule has 5 nitrogen and oxygen atoms in total. The molecule has 0 N–H and O–H groups in total. The van der Waals surface area contributed by atoms with Crippen LogP contribution in [0.25, 0.3) is 0 Å². The first kappa shape index (κ1) is 20.7. The summed E-state index contributed by atoms with van der Waals surface area (Å²) in [6, 6.07) is 8.83. The molecule has 0 aliphatic carbocycles. The van der Waals surface area contributed by atoms with Gasteiger partial charge >= 0.3 is 0 Å². The molecule has 2 saturated heterocycles. The van der Waals surface area contributed by atoms with Gasteiger partial charge in [0.05, 0.1) is 17.3 Å². The van der Waals surface area contributed by atoms with E-state index in [1.807, 2.05) is 4.90 Å². The van der Waals surface area contributed by atoms with Crippen molar-refractivity contribution in [3.8, 4) is 0 Å². The number of nitrogens with zero attached hydrogens (tertiary/aromatic N) is 2. The van der Waals surface area contributed by atoms with Crippen LogP contribution in [0.4, 0.5) is 0 Å². The van der Waals surface area contributed by atoms with Crippen LogP contribution in [-0.4, -0.2) is 72.8 Å². The summed E-state index contributed by atoms with van der Waals surface area (Å²) in [6.45, 7) is 8.62. The molecular weight excluding hydrogens is 380 g/mol. The largest absolute Gasteiger partial charge is 0.339 e. The molecule has 0 bridgehead atoms. The van der Waals surface area contributed by atoms with Crippen LogP contribution in [-0.2, 0) is 21.2 Å². The van der Waals surface area contributed by atoms with Crippen LogP contribution in [0.15, 0.2) is 24.3 Å². The van der Waals surface area contributed by atoms with Crippen molar-refractivity contribution in [3.05, 3.63) is 35.4 Å². The lowest BCUT2D eigenvalue weighted by Gasteiger charge is -2.35. The fourth-order valence-corrected chi connectivity index (χ4v) is 7.14. The third-order valence-corrected chi connectivity index (χ3v) is 8.68. The van der Waals surface area contributed by atoms with Gasteiger partial charge in [-0.1, -0.05) is 38.1 Å². The van der Waals surface area contributed by atoms with Crippen LogP contribution in [0.3, 0.4) is 0 Å². The third-order valence-electron chi connectivity index (χ3n) is 5.41. The van der Waals surface area contributed by atoms with E-state index in [9.17, 15) is 13.2 Å². The predicted octanol–water partition coefficient (Wildman–Crippen LogP) is 2.37. The summed E-state index contributed by atoms with van der Waals surface area (Å²) >= 11 is 1.51. The van der Waals surface area contributed by atoms with E-state index in [0.717, 1.165) is 32.7 Å². The Morgan fingerprint density at radius 3 is 2.37 bits per heavy atom. The maximum absolute atomic E-state index is 12.4. The van der Waals surface area contributed by atoms with E-state index in [1.54, 1.807) is 0 Å².